The van der Waals surface area contributed by atoms with Crippen LogP contribution in [0.15, 0.2) is 48.5 Å². The molecule has 1 amide bonds. The largest absolute Gasteiger partial charge is 0.435 e. The molecule has 2 aromatic carbocycles. The van der Waals surface area contributed by atoms with Crippen molar-refractivity contribution in [2.75, 3.05) is 5.32 Å². The van der Waals surface area contributed by atoms with E-state index in [0.717, 1.165) is 22.5 Å². The maximum absolute atomic E-state index is 13.4. The van der Waals surface area contributed by atoms with Gasteiger partial charge in [-0.25, -0.2) is 4.98 Å². The molecule has 0 unspecified atom stereocenters. The van der Waals surface area contributed by atoms with E-state index in [-0.39, 0.29) is 5.01 Å². The molecule has 26 heavy (non-hydrogen) atoms. The zero-order valence-corrected chi connectivity index (χ0v) is 14.8. The monoisotopic (exact) mass is 376 g/mol. The third kappa shape index (κ3) is 3.77. The van der Waals surface area contributed by atoms with Crippen molar-refractivity contribution in [1.82, 2.24) is 4.98 Å². The number of thiazole rings is 1. The van der Waals surface area contributed by atoms with E-state index in [2.05, 4.69) is 10.3 Å². The first-order chi connectivity index (χ1) is 12.3. The number of amides is 1. The lowest BCUT2D eigenvalue weighted by Gasteiger charge is -2.09. The average Bonchev–Trinajstić information content (AvgIpc) is 3.05. The quantitative estimate of drug-likeness (QED) is 0.637. The summed E-state index contributed by atoms with van der Waals surface area (Å²) in [5, 5.41) is 2.69. The van der Waals surface area contributed by atoms with Gasteiger partial charge in [0, 0.05) is 11.3 Å². The normalized spacial score (nSPS) is 11.4. The number of benzene rings is 2. The number of aryl methyl sites for hydroxylation is 2. The molecule has 0 aliphatic heterocycles. The van der Waals surface area contributed by atoms with Crippen molar-refractivity contribution >= 4 is 22.9 Å². The number of hydrogen-bond acceptors (Lipinski definition) is 3. The Morgan fingerprint density at radius 1 is 1.04 bits per heavy atom. The molecule has 0 atom stereocenters. The third-order valence-corrected chi connectivity index (χ3v) is 4.99. The molecule has 1 heterocycles. The molecular formula is C19H15F3N2OS. The van der Waals surface area contributed by atoms with Crippen molar-refractivity contribution in [1.29, 1.82) is 0 Å². The van der Waals surface area contributed by atoms with Crippen LogP contribution in [-0.4, -0.2) is 10.9 Å². The fourth-order valence-electron chi connectivity index (χ4n) is 2.38. The van der Waals surface area contributed by atoms with Crippen LogP contribution in [0.1, 0.15) is 26.5 Å². The second kappa shape index (κ2) is 6.92. The fraction of sp³-hybridized carbons (Fsp3) is 0.158. The highest BCUT2D eigenvalue weighted by Gasteiger charge is 2.39. The minimum atomic E-state index is -4.71. The van der Waals surface area contributed by atoms with Crippen LogP contribution < -0.4 is 5.32 Å². The lowest BCUT2D eigenvalue weighted by atomic mass is 10.1. The van der Waals surface area contributed by atoms with E-state index >= 15 is 0 Å². The van der Waals surface area contributed by atoms with Crippen molar-refractivity contribution in [3.05, 3.63) is 70.2 Å². The summed E-state index contributed by atoms with van der Waals surface area (Å²) in [5.41, 5.74) is 1.79. The van der Waals surface area contributed by atoms with Crippen molar-refractivity contribution in [3.63, 3.8) is 0 Å². The Bertz CT molecular complexity index is 949. The molecule has 7 heteroatoms. The second-order valence-corrected chi connectivity index (χ2v) is 6.81. The summed E-state index contributed by atoms with van der Waals surface area (Å²) in [4.78, 5) is 15.7. The highest BCUT2D eigenvalue weighted by molar-refractivity contribution is 7.17. The van der Waals surface area contributed by atoms with Gasteiger partial charge in [0.2, 0.25) is 0 Å². The van der Waals surface area contributed by atoms with E-state index in [9.17, 15) is 18.0 Å². The van der Waals surface area contributed by atoms with Gasteiger partial charge in [0.25, 0.3) is 5.91 Å². The number of hydrogen-bond donors (Lipinski definition) is 1. The van der Waals surface area contributed by atoms with Crippen molar-refractivity contribution in [2.45, 2.75) is 20.0 Å². The lowest BCUT2D eigenvalue weighted by molar-refractivity contribution is -0.140. The molecule has 3 rings (SSSR count). The lowest BCUT2D eigenvalue weighted by Crippen LogP contribution is -2.17. The molecule has 3 aromatic rings. The number of carbonyl (C=O) groups excluding carboxylic acids is 1. The number of aromatic nitrogens is 1. The standard InChI is InChI=1S/C19H15F3N2OS/c1-11-8-9-14(10-12(11)2)23-17(25)15-16(19(20,21)22)24-18(26-15)13-6-4-3-5-7-13/h3-10H,1-2H3,(H,23,25). The van der Waals surface area contributed by atoms with Gasteiger partial charge in [0.15, 0.2) is 5.69 Å². The van der Waals surface area contributed by atoms with E-state index in [1.807, 2.05) is 13.8 Å². The molecule has 3 nitrogen and oxygen atoms in total. The zero-order chi connectivity index (χ0) is 18.9. The van der Waals surface area contributed by atoms with Crippen LogP contribution in [0.25, 0.3) is 10.6 Å². The Hall–Kier alpha value is -2.67. The van der Waals surface area contributed by atoms with Crippen LogP contribution in [0.4, 0.5) is 18.9 Å². The van der Waals surface area contributed by atoms with Gasteiger partial charge >= 0.3 is 6.18 Å². The molecule has 0 saturated heterocycles. The van der Waals surface area contributed by atoms with Gasteiger partial charge in [-0.05, 0) is 37.1 Å². The summed E-state index contributed by atoms with van der Waals surface area (Å²) in [6.45, 7) is 3.78. The predicted molar refractivity (Wildman–Crippen MR) is 96.4 cm³/mol. The number of nitrogens with zero attached hydrogens (tertiary/aromatic N) is 1. The smallest absolute Gasteiger partial charge is 0.321 e. The summed E-state index contributed by atoms with van der Waals surface area (Å²) in [6.07, 6.45) is -4.71. The molecule has 1 aromatic heterocycles. The molecule has 0 spiro atoms. The molecule has 1 N–H and O–H groups in total. The predicted octanol–water partition coefficient (Wildman–Crippen LogP) is 5.70. The fourth-order valence-corrected chi connectivity index (χ4v) is 3.36. The van der Waals surface area contributed by atoms with Gasteiger partial charge in [-0.3, -0.25) is 4.79 Å². The van der Waals surface area contributed by atoms with Crippen molar-refractivity contribution < 1.29 is 18.0 Å². The highest BCUT2D eigenvalue weighted by atomic mass is 32.1. The molecule has 0 aliphatic rings. The van der Waals surface area contributed by atoms with Crippen LogP contribution in [0.2, 0.25) is 0 Å². The maximum Gasteiger partial charge on any atom is 0.435 e. The van der Waals surface area contributed by atoms with Gasteiger partial charge in [0.1, 0.15) is 9.88 Å². The van der Waals surface area contributed by atoms with Crippen LogP contribution in [-0.2, 0) is 6.18 Å². The topological polar surface area (TPSA) is 42.0 Å². The summed E-state index contributed by atoms with van der Waals surface area (Å²) in [6, 6.07) is 13.7. The summed E-state index contributed by atoms with van der Waals surface area (Å²) >= 11 is 0.731. The molecule has 134 valence electrons. The van der Waals surface area contributed by atoms with Gasteiger partial charge in [-0.1, -0.05) is 36.4 Å². The first-order valence-corrected chi connectivity index (χ1v) is 8.59. The first-order valence-electron chi connectivity index (χ1n) is 7.78. The molecule has 0 saturated carbocycles. The van der Waals surface area contributed by atoms with Gasteiger partial charge < -0.3 is 5.32 Å². The Balaban J connectivity index is 1.98. The average molecular weight is 376 g/mol. The summed E-state index contributed by atoms with van der Waals surface area (Å²) < 4.78 is 40.1. The number of alkyl halides is 3. The van der Waals surface area contributed by atoms with E-state index in [0.29, 0.717) is 11.3 Å². The van der Waals surface area contributed by atoms with Gasteiger partial charge in [-0.2, -0.15) is 13.2 Å². The second-order valence-electron chi connectivity index (χ2n) is 5.81. The Labute approximate surface area is 152 Å². The molecular weight excluding hydrogens is 361 g/mol. The molecule has 0 aliphatic carbocycles. The van der Waals surface area contributed by atoms with E-state index in [1.54, 1.807) is 48.5 Å². The van der Waals surface area contributed by atoms with Crippen molar-refractivity contribution in [2.24, 2.45) is 0 Å². The summed E-state index contributed by atoms with van der Waals surface area (Å²) in [7, 11) is 0. The maximum atomic E-state index is 13.4. The number of carbonyl (C=O) groups is 1. The number of rotatable bonds is 3. The van der Waals surface area contributed by atoms with E-state index in [4.69, 9.17) is 0 Å². The van der Waals surface area contributed by atoms with Crippen molar-refractivity contribution in [3.8, 4) is 10.6 Å². The van der Waals surface area contributed by atoms with Gasteiger partial charge in [0.05, 0.1) is 0 Å². The summed E-state index contributed by atoms with van der Waals surface area (Å²) in [5.74, 6) is -0.819. The Kier molecular flexibility index (Phi) is 4.82. The number of anilines is 1. The van der Waals surface area contributed by atoms with Crippen LogP contribution in [0.5, 0.6) is 0 Å². The van der Waals surface area contributed by atoms with Crippen LogP contribution >= 0.6 is 11.3 Å². The minimum absolute atomic E-state index is 0.156. The van der Waals surface area contributed by atoms with E-state index < -0.39 is 22.7 Å². The minimum Gasteiger partial charge on any atom is -0.321 e. The molecule has 0 fully saturated rings. The molecule has 0 radical (unpaired) electrons. The van der Waals surface area contributed by atoms with Crippen LogP contribution in [0.3, 0.4) is 0 Å². The molecule has 0 bridgehead atoms. The SMILES string of the molecule is Cc1ccc(NC(=O)c2sc(-c3ccccc3)nc2C(F)(F)F)cc1C. The van der Waals surface area contributed by atoms with Crippen LogP contribution in [0, 0.1) is 13.8 Å². The Morgan fingerprint density at radius 3 is 2.35 bits per heavy atom. The van der Waals surface area contributed by atoms with Gasteiger partial charge in [-0.15, -0.1) is 11.3 Å². The Morgan fingerprint density at radius 2 is 1.73 bits per heavy atom. The number of halogens is 3. The zero-order valence-electron chi connectivity index (χ0n) is 14.0. The third-order valence-electron chi connectivity index (χ3n) is 3.89. The number of nitrogens with one attached hydrogen (secondary N) is 1. The first kappa shape index (κ1) is 18.1. The highest BCUT2D eigenvalue weighted by Crippen LogP contribution is 2.38. The van der Waals surface area contributed by atoms with E-state index in [1.165, 1.54) is 0 Å².